The Labute approximate surface area is 430 Å². The van der Waals surface area contributed by atoms with E-state index < -0.39 is 155 Å². The SMILES string of the molecule is C[C@@H]1CC[C@@]2(OC1)O[C@H]1C[C@@H]3[C@@H]4CC[C@H]5C[C@@H](O[C@@H]6O[C@H](CO)[C@H](O[C@@H]7O[C@H](CO)[C@@H](O)[C@H](O[C@H]8O[C@H](CO)[C@@H](O)[C@H](O)[C@H]8O)[C@H]7O[C@@H]7O[C@H](CO)[C@@H](O)[C@H](O)[C@H]7O)[C@H](O)[C@H]6O)CC[C@]5(C)[C@H]4CC[C@]3(C)[C@H]1[C@@H]2C. The summed E-state index contributed by atoms with van der Waals surface area (Å²) in [6.45, 7) is 6.96. The van der Waals surface area contributed by atoms with E-state index in [1.165, 1.54) is 0 Å². The first kappa shape index (κ1) is 56.4. The van der Waals surface area contributed by atoms with Crippen molar-refractivity contribution in [1.29, 1.82) is 0 Å². The summed E-state index contributed by atoms with van der Waals surface area (Å²) in [7, 11) is 0. The average molecular weight is 1070 g/mol. The van der Waals surface area contributed by atoms with Crippen LogP contribution in [0.4, 0.5) is 0 Å². The molecule has 10 rings (SSSR count). The molecule has 6 heterocycles. The van der Waals surface area contributed by atoms with Gasteiger partial charge in [0.15, 0.2) is 30.9 Å². The monoisotopic (exact) mass is 1060 g/mol. The molecule has 1 spiro atoms. The molecule has 23 nitrogen and oxygen atoms in total. The van der Waals surface area contributed by atoms with Gasteiger partial charge in [0.1, 0.15) is 97.7 Å². The first-order chi connectivity index (χ1) is 35.2. The smallest absolute Gasteiger partial charge is 0.187 e. The van der Waals surface area contributed by atoms with Crippen LogP contribution in [-0.2, 0) is 47.4 Å². The van der Waals surface area contributed by atoms with E-state index in [2.05, 4.69) is 27.7 Å². The van der Waals surface area contributed by atoms with Gasteiger partial charge in [-0.25, -0.2) is 0 Å². The van der Waals surface area contributed by atoms with Gasteiger partial charge in [-0.1, -0.05) is 27.7 Å². The van der Waals surface area contributed by atoms with Crippen molar-refractivity contribution in [3.63, 3.8) is 0 Å². The predicted molar refractivity (Wildman–Crippen MR) is 248 cm³/mol. The molecular weight excluding hydrogens is 981 g/mol. The zero-order valence-electron chi connectivity index (χ0n) is 42.7. The number of aliphatic hydroxyl groups is 13. The fourth-order valence-electron chi connectivity index (χ4n) is 16.2. The Morgan fingerprint density at radius 1 is 0.473 bits per heavy atom. The van der Waals surface area contributed by atoms with Gasteiger partial charge in [-0.15, -0.1) is 0 Å². The molecule has 4 aliphatic carbocycles. The molecule has 0 bridgehead atoms. The van der Waals surface area contributed by atoms with Crippen LogP contribution >= 0.6 is 0 Å². The normalized spacial score (nSPS) is 57.6. The van der Waals surface area contributed by atoms with Gasteiger partial charge in [0.05, 0.1) is 45.2 Å². The number of fused-ring (bicyclic) bond motifs is 7. The van der Waals surface area contributed by atoms with E-state index in [9.17, 15) is 66.4 Å². The summed E-state index contributed by atoms with van der Waals surface area (Å²) in [6.07, 6.45) is -25.9. The van der Waals surface area contributed by atoms with Gasteiger partial charge >= 0.3 is 0 Å². The van der Waals surface area contributed by atoms with Crippen LogP contribution in [0.25, 0.3) is 0 Å². The van der Waals surface area contributed by atoms with Gasteiger partial charge in [0, 0.05) is 12.3 Å². The standard InChI is InChI=1S/C51H84O23/c1-20-7-12-51(65-19-20)21(2)32-27(74-51)14-26-24-6-5-22-13-23(8-10-49(22,3)25(24)9-11-50(26,32)4)66-45-41(64)38(61)42(31(18-55)70-45)71-48-44(73-47-40(63)37(60)34(57)29(16-53)68-47)43(35(58)30(17-54)69-48)72-46-39(62)36(59)33(56)28(15-52)67-46/h20-48,52-64H,5-19H2,1-4H3/t20-,21+,22+,23+,24-,25+,26-,27+,28-,29-,30-,31-,32+,33-,34-,35-,36+,37+,38-,39-,40-,41-,42+,43+,44-,45-,46-,47+,48+,49+,50+,51-/m1/s1. The van der Waals surface area contributed by atoms with Crippen LogP contribution in [-0.4, -0.2) is 240 Å². The van der Waals surface area contributed by atoms with Gasteiger partial charge in [0.25, 0.3) is 0 Å². The minimum atomic E-state index is -2.03. The van der Waals surface area contributed by atoms with Crippen molar-refractivity contribution in [3.8, 4) is 0 Å². The first-order valence-electron chi connectivity index (χ1n) is 27.3. The lowest BCUT2D eigenvalue weighted by atomic mass is 9.44. The van der Waals surface area contributed by atoms with E-state index >= 15 is 0 Å². The summed E-state index contributed by atoms with van der Waals surface area (Å²) in [6, 6.07) is 0. The van der Waals surface area contributed by atoms with Crippen molar-refractivity contribution in [1.82, 2.24) is 0 Å². The second-order valence-electron chi connectivity index (χ2n) is 24.3. The molecule has 0 unspecified atom stereocenters. The van der Waals surface area contributed by atoms with Crippen LogP contribution < -0.4 is 0 Å². The topological polar surface area (TPSA) is 355 Å². The highest BCUT2D eigenvalue weighted by molar-refractivity contribution is 5.15. The number of hydrogen-bond acceptors (Lipinski definition) is 23. The molecule has 6 aliphatic heterocycles. The van der Waals surface area contributed by atoms with Crippen LogP contribution in [0.1, 0.15) is 91.9 Å². The zero-order chi connectivity index (χ0) is 52.9. The van der Waals surface area contributed by atoms with Gasteiger partial charge in [-0.2, -0.15) is 0 Å². The molecule has 0 aromatic carbocycles. The molecule has 4 saturated carbocycles. The molecule has 13 N–H and O–H groups in total. The number of ether oxygens (including phenoxy) is 10. The van der Waals surface area contributed by atoms with Gasteiger partial charge in [-0.05, 0) is 104 Å². The quantitative estimate of drug-likeness (QED) is 0.0872. The Balaban J connectivity index is 0.820. The van der Waals surface area contributed by atoms with Crippen LogP contribution in [0, 0.1) is 52.3 Å². The predicted octanol–water partition coefficient (Wildman–Crippen LogP) is -2.91. The molecule has 0 aromatic rings. The second kappa shape index (κ2) is 21.9. The van der Waals surface area contributed by atoms with E-state index in [1.54, 1.807) is 0 Å². The van der Waals surface area contributed by atoms with Gasteiger partial charge < -0.3 is 114 Å². The lowest BCUT2D eigenvalue weighted by molar-refractivity contribution is -0.406. The number of rotatable bonds is 12. The molecular formula is C51H84O23. The van der Waals surface area contributed by atoms with E-state index in [1.807, 2.05) is 0 Å². The molecule has 6 saturated heterocycles. The van der Waals surface area contributed by atoms with Crippen molar-refractivity contribution < 1.29 is 114 Å². The summed E-state index contributed by atoms with van der Waals surface area (Å²) in [4.78, 5) is 0. The highest BCUT2D eigenvalue weighted by atomic mass is 16.8. The summed E-state index contributed by atoms with van der Waals surface area (Å²) >= 11 is 0. The maximum Gasteiger partial charge on any atom is 0.187 e. The zero-order valence-corrected chi connectivity index (χ0v) is 42.7. The summed E-state index contributed by atoms with van der Waals surface area (Å²) in [5, 5.41) is 140. The van der Waals surface area contributed by atoms with Crippen LogP contribution in [0.3, 0.4) is 0 Å². The maximum absolute atomic E-state index is 11.8. The Morgan fingerprint density at radius 3 is 1.62 bits per heavy atom. The third-order valence-electron chi connectivity index (χ3n) is 20.4. The third kappa shape index (κ3) is 9.56. The van der Waals surface area contributed by atoms with Crippen molar-refractivity contribution in [3.05, 3.63) is 0 Å². The minimum Gasteiger partial charge on any atom is -0.394 e. The summed E-state index contributed by atoms with van der Waals surface area (Å²) < 4.78 is 61.6. The van der Waals surface area contributed by atoms with Crippen molar-refractivity contribution in [2.75, 3.05) is 33.0 Å². The Bertz CT molecular complexity index is 1880. The van der Waals surface area contributed by atoms with E-state index in [4.69, 9.17) is 47.4 Å². The van der Waals surface area contributed by atoms with Gasteiger partial charge in [-0.3, -0.25) is 0 Å². The second-order valence-corrected chi connectivity index (χ2v) is 24.3. The highest BCUT2D eigenvalue weighted by Crippen LogP contribution is 2.71. The fourth-order valence-corrected chi connectivity index (χ4v) is 16.2. The number of aliphatic hydroxyl groups excluding tert-OH is 13. The lowest BCUT2D eigenvalue weighted by Gasteiger charge is -2.61. The molecule has 0 radical (unpaired) electrons. The van der Waals surface area contributed by atoms with Crippen LogP contribution in [0.15, 0.2) is 0 Å². The average Bonchev–Trinajstić information content (AvgIpc) is 3.84. The molecule has 74 heavy (non-hydrogen) atoms. The molecule has 10 aliphatic rings. The van der Waals surface area contributed by atoms with E-state index in [-0.39, 0.29) is 23.0 Å². The maximum atomic E-state index is 11.8. The molecule has 0 aromatic heterocycles. The fraction of sp³-hybridized carbons (Fsp3) is 1.00. The largest absolute Gasteiger partial charge is 0.394 e. The first-order valence-corrected chi connectivity index (χ1v) is 27.3. The van der Waals surface area contributed by atoms with Crippen molar-refractivity contribution in [2.24, 2.45) is 52.3 Å². The molecule has 32 atom stereocenters. The lowest BCUT2D eigenvalue weighted by Crippen LogP contribution is -2.68. The molecule has 0 amide bonds. The molecule has 10 fully saturated rings. The Morgan fingerprint density at radius 2 is 1.01 bits per heavy atom. The van der Waals surface area contributed by atoms with Crippen molar-refractivity contribution in [2.45, 2.75) is 233 Å². The molecule has 23 heteroatoms. The van der Waals surface area contributed by atoms with Crippen LogP contribution in [0.5, 0.6) is 0 Å². The van der Waals surface area contributed by atoms with Crippen LogP contribution in [0.2, 0.25) is 0 Å². The van der Waals surface area contributed by atoms with Gasteiger partial charge in [0.2, 0.25) is 0 Å². The number of hydrogen-bond donors (Lipinski definition) is 13. The summed E-state index contributed by atoms with van der Waals surface area (Å²) in [5.41, 5.74) is 0.270. The Hall–Kier alpha value is -0.920. The minimum absolute atomic E-state index is 0.0782. The third-order valence-corrected chi connectivity index (χ3v) is 20.4. The molecule has 426 valence electrons. The highest BCUT2D eigenvalue weighted by Gasteiger charge is 2.69. The Kier molecular flexibility index (Phi) is 16.6. The summed E-state index contributed by atoms with van der Waals surface area (Å²) in [5.74, 6) is 2.99. The van der Waals surface area contributed by atoms with Crippen molar-refractivity contribution >= 4 is 0 Å². The van der Waals surface area contributed by atoms with E-state index in [0.717, 1.165) is 58.0 Å². The van der Waals surface area contributed by atoms with E-state index in [0.29, 0.717) is 54.3 Å².